The Morgan fingerprint density at radius 1 is 0.760 bits per heavy atom. The van der Waals surface area contributed by atoms with Gasteiger partial charge in [-0.05, 0) is 65.2 Å². The molecule has 2 aliphatic heterocycles. The molecular weight excluding hydrogens is 626 g/mol. The number of aliphatic hydroxyl groups is 1. The van der Waals surface area contributed by atoms with Crippen molar-refractivity contribution in [1.29, 1.82) is 0 Å². The van der Waals surface area contributed by atoms with Crippen LogP contribution in [0, 0.1) is 5.92 Å². The van der Waals surface area contributed by atoms with Crippen LogP contribution in [0.15, 0.2) is 121 Å². The normalized spacial score (nSPS) is 20.4. The summed E-state index contributed by atoms with van der Waals surface area (Å²) in [6, 6.07) is 37.1. The summed E-state index contributed by atoms with van der Waals surface area (Å²) in [4.78, 5) is 34.0. The van der Waals surface area contributed by atoms with Crippen molar-refractivity contribution in [3.8, 4) is 11.1 Å². The quantitative estimate of drug-likeness (QED) is 0.152. The maximum Gasteiger partial charge on any atom is 0.261 e. The standard InChI is InChI=1S/C42H41N3O5/c1-28-38(26-44(2)23-21-35-10-5-6-22-43-35)49-42(50-39(28)32-15-13-29(27-46)14-16-32)33-19-17-31(18-20-33)34-9-7-8-30(24-34)25-45-40(47)36-11-3-4-12-37(36)41(45)48/h3-20,22,24,28,38-39,42,46H,21,23,25-27H2,1-2H3/t28-,38+,39+,42+/m0/s1. The minimum Gasteiger partial charge on any atom is -0.392 e. The topological polar surface area (TPSA) is 92.2 Å². The molecule has 4 atom stereocenters. The van der Waals surface area contributed by atoms with Crippen molar-refractivity contribution in [2.45, 2.75) is 45.0 Å². The summed E-state index contributed by atoms with van der Waals surface area (Å²) in [5.41, 5.74) is 7.66. The highest BCUT2D eigenvalue weighted by Gasteiger charge is 2.39. The summed E-state index contributed by atoms with van der Waals surface area (Å²) < 4.78 is 13.4. The highest BCUT2D eigenvalue weighted by Crippen LogP contribution is 2.42. The van der Waals surface area contributed by atoms with Crippen LogP contribution in [0.1, 0.15) is 68.0 Å². The molecule has 3 heterocycles. The van der Waals surface area contributed by atoms with Gasteiger partial charge in [-0.3, -0.25) is 19.5 Å². The zero-order chi connectivity index (χ0) is 34.6. The van der Waals surface area contributed by atoms with Gasteiger partial charge in [0.15, 0.2) is 6.29 Å². The third-order valence-electron chi connectivity index (χ3n) is 9.75. The summed E-state index contributed by atoms with van der Waals surface area (Å²) in [7, 11) is 2.12. The fourth-order valence-corrected chi connectivity index (χ4v) is 6.83. The molecule has 7 rings (SSSR count). The lowest BCUT2D eigenvalue weighted by Crippen LogP contribution is -2.43. The predicted molar refractivity (Wildman–Crippen MR) is 191 cm³/mol. The number of fused-ring (bicyclic) bond motifs is 1. The van der Waals surface area contributed by atoms with Gasteiger partial charge >= 0.3 is 0 Å². The summed E-state index contributed by atoms with van der Waals surface area (Å²) in [5.74, 6) is -0.447. The van der Waals surface area contributed by atoms with Crippen molar-refractivity contribution >= 4 is 11.8 Å². The van der Waals surface area contributed by atoms with Crippen molar-refractivity contribution in [2.75, 3.05) is 20.1 Å². The lowest BCUT2D eigenvalue weighted by molar-refractivity contribution is -0.275. The maximum absolute atomic E-state index is 13.0. The number of nitrogens with zero attached hydrogens (tertiary/aromatic N) is 3. The third kappa shape index (κ3) is 7.15. The second-order valence-electron chi connectivity index (χ2n) is 13.2. The Bertz CT molecular complexity index is 1910. The Hall–Kier alpha value is -4.99. The molecule has 1 N–H and O–H groups in total. The number of carbonyl (C=O) groups is 2. The summed E-state index contributed by atoms with van der Waals surface area (Å²) in [6.07, 6.45) is 1.82. The lowest BCUT2D eigenvalue weighted by Gasteiger charge is -2.42. The van der Waals surface area contributed by atoms with Gasteiger partial charge in [0.25, 0.3) is 11.8 Å². The lowest BCUT2D eigenvalue weighted by atomic mass is 9.90. The number of pyridine rings is 1. The minimum absolute atomic E-state index is 0.00515. The Labute approximate surface area is 292 Å². The van der Waals surface area contributed by atoms with Crippen LogP contribution in [0.2, 0.25) is 0 Å². The van der Waals surface area contributed by atoms with Crippen molar-refractivity contribution in [3.05, 3.63) is 161 Å². The largest absolute Gasteiger partial charge is 0.392 e. The third-order valence-corrected chi connectivity index (χ3v) is 9.75. The van der Waals surface area contributed by atoms with Crippen LogP contribution in [-0.2, 0) is 29.0 Å². The van der Waals surface area contributed by atoms with E-state index in [-0.39, 0.29) is 43.1 Å². The van der Waals surface area contributed by atoms with E-state index in [9.17, 15) is 14.7 Å². The molecule has 2 aliphatic rings. The van der Waals surface area contributed by atoms with Crippen molar-refractivity contribution in [1.82, 2.24) is 14.8 Å². The molecule has 2 amide bonds. The van der Waals surface area contributed by atoms with E-state index in [4.69, 9.17) is 9.47 Å². The molecule has 1 fully saturated rings. The zero-order valence-electron chi connectivity index (χ0n) is 28.3. The fourth-order valence-electron chi connectivity index (χ4n) is 6.83. The SMILES string of the molecule is C[C@H]1[C@@H](CN(C)CCc2ccccn2)O[C@@H](c2ccc(-c3cccc(CN4C(=O)c5ccccc5C4=O)c3)cc2)O[C@H]1c1ccc(CO)cc1. The molecular formula is C42H41N3O5. The van der Waals surface area contributed by atoms with Crippen molar-refractivity contribution in [3.63, 3.8) is 0 Å². The second kappa shape index (κ2) is 14.9. The minimum atomic E-state index is -0.572. The van der Waals surface area contributed by atoms with Crippen LogP contribution < -0.4 is 0 Å². The monoisotopic (exact) mass is 667 g/mol. The summed E-state index contributed by atoms with van der Waals surface area (Å²) in [6.45, 7) is 3.96. The van der Waals surface area contributed by atoms with Gasteiger partial charge < -0.3 is 19.5 Å². The van der Waals surface area contributed by atoms with Gasteiger partial charge in [-0.2, -0.15) is 0 Å². The number of hydrogen-bond donors (Lipinski definition) is 1. The van der Waals surface area contributed by atoms with Crippen molar-refractivity contribution in [2.24, 2.45) is 5.92 Å². The summed E-state index contributed by atoms with van der Waals surface area (Å²) in [5, 5.41) is 9.60. The number of ether oxygens (including phenoxy) is 2. The number of rotatable bonds is 11. The van der Waals surface area contributed by atoms with Crippen LogP contribution in [0.25, 0.3) is 11.1 Å². The second-order valence-corrected chi connectivity index (χ2v) is 13.2. The smallest absolute Gasteiger partial charge is 0.261 e. The van der Waals surface area contributed by atoms with Gasteiger partial charge in [0.1, 0.15) is 0 Å². The molecule has 50 heavy (non-hydrogen) atoms. The van der Waals surface area contributed by atoms with Crippen LogP contribution in [0.5, 0.6) is 0 Å². The highest BCUT2D eigenvalue weighted by atomic mass is 16.7. The van der Waals surface area contributed by atoms with Crippen molar-refractivity contribution < 1.29 is 24.2 Å². The maximum atomic E-state index is 13.0. The molecule has 0 saturated carbocycles. The molecule has 0 unspecified atom stereocenters. The van der Waals surface area contributed by atoms with Gasteiger partial charge in [0.05, 0.1) is 36.5 Å². The van der Waals surface area contributed by atoms with E-state index in [2.05, 4.69) is 42.1 Å². The van der Waals surface area contributed by atoms with Crippen LogP contribution >= 0.6 is 0 Å². The molecule has 8 nitrogen and oxygen atoms in total. The number of hydrogen-bond acceptors (Lipinski definition) is 7. The zero-order valence-corrected chi connectivity index (χ0v) is 28.3. The molecule has 254 valence electrons. The van der Waals surface area contributed by atoms with E-state index in [0.717, 1.165) is 58.6 Å². The molecule has 0 radical (unpaired) electrons. The average molecular weight is 668 g/mol. The number of amides is 2. The first-order valence-corrected chi connectivity index (χ1v) is 17.1. The van der Waals surface area contributed by atoms with E-state index in [1.165, 1.54) is 4.90 Å². The number of likely N-dealkylation sites (N-methyl/N-ethyl adjacent to an activating group) is 1. The number of imide groups is 1. The first kappa shape index (κ1) is 33.5. The van der Waals surface area contributed by atoms with Gasteiger partial charge in [-0.25, -0.2) is 0 Å². The van der Waals surface area contributed by atoms with Gasteiger partial charge in [0, 0.05) is 42.9 Å². The predicted octanol–water partition coefficient (Wildman–Crippen LogP) is 7.00. The number of aromatic nitrogens is 1. The molecule has 4 aromatic carbocycles. The van der Waals surface area contributed by atoms with Crippen LogP contribution in [-0.4, -0.2) is 57.9 Å². The van der Waals surface area contributed by atoms with E-state index >= 15 is 0 Å². The summed E-state index contributed by atoms with van der Waals surface area (Å²) >= 11 is 0. The molecule has 0 aliphatic carbocycles. The number of carbonyl (C=O) groups excluding carboxylic acids is 2. The van der Waals surface area contributed by atoms with Crippen LogP contribution in [0.3, 0.4) is 0 Å². The first-order chi connectivity index (χ1) is 24.4. The van der Waals surface area contributed by atoms with E-state index in [0.29, 0.717) is 11.1 Å². The van der Waals surface area contributed by atoms with Gasteiger partial charge in [0.2, 0.25) is 0 Å². The molecule has 8 heteroatoms. The Balaban J connectivity index is 1.08. The fraction of sp³-hybridized carbons (Fsp3) is 0.262. The molecule has 1 aromatic heterocycles. The van der Waals surface area contributed by atoms with Gasteiger partial charge in [-0.15, -0.1) is 0 Å². The average Bonchev–Trinajstić information content (AvgIpc) is 3.40. The Morgan fingerprint density at radius 3 is 2.14 bits per heavy atom. The molecule has 5 aromatic rings. The molecule has 1 saturated heterocycles. The van der Waals surface area contributed by atoms with E-state index < -0.39 is 6.29 Å². The van der Waals surface area contributed by atoms with E-state index in [1.807, 2.05) is 79.0 Å². The van der Waals surface area contributed by atoms with Gasteiger partial charge in [-0.1, -0.05) is 91.9 Å². The van der Waals surface area contributed by atoms with Crippen LogP contribution in [0.4, 0.5) is 0 Å². The first-order valence-electron chi connectivity index (χ1n) is 17.1. The number of aliphatic hydroxyl groups excluding tert-OH is 1. The molecule has 0 bridgehead atoms. The van der Waals surface area contributed by atoms with E-state index in [1.54, 1.807) is 24.3 Å². The Morgan fingerprint density at radius 2 is 1.46 bits per heavy atom. The Kier molecular flexibility index (Phi) is 9.96. The molecule has 0 spiro atoms. The highest BCUT2D eigenvalue weighted by molar-refractivity contribution is 6.21. The number of benzene rings is 4.